The molecule has 0 spiro atoms. The highest BCUT2D eigenvalue weighted by atomic mass is 79.9. The Balaban J connectivity index is 2.22. The number of carbonyl (C=O) groups is 1. The van der Waals surface area contributed by atoms with Crippen molar-refractivity contribution in [3.8, 4) is 0 Å². The summed E-state index contributed by atoms with van der Waals surface area (Å²) in [5.41, 5.74) is 0. The maximum atomic E-state index is 11.9. The van der Waals surface area contributed by atoms with Crippen LogP contribution >= 0.6 is 15.9 Å². The van der Waals surface area contributed by atoms with Crippen LogP contribution in [-0.2, 0) is 4.79 Å². The Hall–Kier alpha value is -0.0900. The van der Waals surface area contributed by atoms with Gasteiger partial charge in [-0.25, -0.2) is 0 Å². The van der Waals surface area contributed by atoms with Gasteiger partial charge >= 0.3 is 0 Å². The lowest BCUT2D eigenvalue weighted by atomic mass is 10.1. The van der Waals surface area contributed by atoms with Gasteiger partial charge in [-0.2, -0.15) is 0 Å². The van der Waals surface area contributed by atoms with Gasteiger partial charge < -0.3 is 4.90 Å². The van der Waals surface area contributed by atoms with Crippen LogP contribution in [0.4, 0.5) is 0 Å². The third kappa shape index (κ3) is 4.83. The fourth-order valence-electron chi connectivity index (χ4n) is 1.91. The lowest BCUT2D eigenvalue weighted by Gasteiger charge is -2.34. The first kappa shape index (κ1) is 14.0. The van der Waals surface area contributed by atoms with Gasteiger partial charge in [0.05, 0.1) is 0 Å². The SMILES string of the molecule is CC(C)CCC(=O)N1CCN(CCBr)CC1. The van der Waals surface area contributed by atoms with Crippen molar-refractivity contribution in [2.75, 3.05) is 38.1 Å². The highest BCUT2D eigenvalue weighted by Crippen LogP contribution is 2.09. The summed E-state index contributed by atoms with van der Waals surface area (Å²) in [6, 6.07) is 0. The lowest BCUT2D eigenvalue weighted by molar-refractivity contribution is -0.133. The largest absolute Gasteiger partial charge is 0.340 e. The van der Waals surface area contributed by atoms with Crippen LogP contribution in [-0.4, -0.2) is 53.8 Å². The van der Waals surface area contributed by atoms with Crippen molar-refractivity contribution in [1.29, 1.82) is 0 Å². The van der Waals surface area contributed by atoms with Gasteiger partial charge in [-0.05, 0) is 12.3 Å². The summed E-state index contributed by atoms with van der Waals surface area (Å²) < 4.78 is 0. The second-order valence-electron chi connectivity index (χ2n) is 4.84. The van der Waals surface area contributed by atoms with Crippen molar-refractivity contribution in [2.45, 2.75) is 26.7 Å². The van der Waals surface area contributed by atoms with E-state index in [1.807, 2.05) is 4.90 Å². The summed E-state index contributed by atoms with van der Waals surface area (Å²) in [6.45, 7) is 9.29. The van der Waals surface area contributed by atoms with E-state index in [0.717, 1.165) is 50.9 Å². The summed E-state index contributed by atoms with van der Waals surface area (Å²) in [4.78, 5) is 16.3. The van der Waals surface area contributed by atoms with E-state index in [4.69, 9.17) is 0 Å². The van der Waals surface area contributed by atoms with E-state index in [0.29, 0.717) is 11.8 Å². The first-order chi connectivity index (χ1) is 7.63. The molecule has 0 aliphatic carbocycles. The second-order valence-corrected chi connectivity index (χ2v) is 5.64. The minimum Gasteiger partial charge on any atom is -0.340 e. The molecule has 1 heterocycles. The normalized spacial score (nSPS) is 18.1. The van der Waals surface area contributed by atoms with E-state index in [-0.39, 0.29) is 0 Å². The van der Waals surface area contributed by atoms with Gasteiger partial charge in [0, 0.05) is 44.5 Å². The molecule has 0 unspecified atom stereocenters. The molecule has 1 aliphatic rings. The molecule has 0 bridgehead atoms. The van der Waals surface area contributed by atoms with Gasteiger partial charge in [0.2, 0.25) is 5.91 Å². The Morgan fingerprint density at radius 3 is 2.38 bits per heavy atom. The molecule has 0 atom stereocenters. The maximum absolute atomic E-state index is 11.9. The molecule has 0 aromatic rings. The molecule has 1 rings (SSSR count). The van der Waals surface area contributed by atoms with E-state index in [1.165, 1.54) is 0 Å². The molecule has 0 saturated carbocycles. The number of carbonyl (C=O) groups excluding carboxylic acids is 1. The number of hydrogen-bond donors (Lipinski definition) is 0. The fourth-order valence-corrected chi connectivity index (χ4v) is 2.41. The Labute approximate surface area is 107 Å². The van der Waals surface area contributed by atoms with Crippen LogP contribution in [0.1, 0.15) is 26.7 Å². The molecular formula is C12H23BrN2O. The van der Waals surface area contributed by atoms with Crippen LogP contribution in [0.15, 0.2) is 0 Å². The molecule has 94 valence electrons. The van der Waals surface area contributed by atoms with E-state index in [1.54, 1.807) is 0 Å². The van der Waals surface area contributed by atoms with Crippen molar-refractivity contribution in [1.82, 2.24) is 9.80 Å². The fraction of sp³-hybridized carbons (Fsp3) is 0.917. The molecule has 0 radical (unpaired) electrons. The number of piperazine rings is 1. The Bertz CT molecular complexity index is 213. The zero-order valence-corrected chi connectivity index (χ0v) is 12.0. The second kappa shape index (κ2) is 7.28. The summed E-state index contributed by atoms with van der Waals surface area (Å²) in [6.07, 6.45) is 1.73. The summed E-state index contributed by atoms with van der Waals surface area (Å²) in [5, 5.41) is 1.02. The van der Waals surface area contributed by atoms with Gasteiger partial charge in [-0.3, -0.25) is 9.69 Å². The molecule has 1 saturated heterocycles. The molecule has 16 heavy (non-hydrogen) atoms. The average molecular weight is 291 g/mol. The molecule has 0 aromatic heterocycles. The highest BCUT2D eigenvalue weighted by molar-refractivity contribution is 9.09. The van der Waals surface area contributed by atoms with Crippen LogP contribution in [0, 0.1) is 5.92 Å². The molecular weight excluding hydrogens is 268 g/mol. The van der Waals surface area contributed by atoms with Crippen LogP contribution < -0.4 is 0 Å². The van der Waals surface area contributed by atoms with Gasteiger partial charge in [0.15, 0.2) is 0 Å². The number of amides is 1. The first-order valence-corrected chi connectivity index (χ1v) is 7.31. The maximum Gasteiger partial charge on any atom is 0.222 e. The summed E-state index contributed by atoms with van der Waals surface area (Å²) in [5.74, 6) is 0.964. The highest BCUT2D eigenvalue weighted by Gasteiger charge is 2.20. The Morgan fingerprint density at radius 2 is 1.88 bits per heavy atom. The topological polar surface area (TPSA) is 23.6 Å². The molecule has 1 fully saturated rings. The molecule has 3 nitrogen and oxygen atoms in total. The van der Waals surface area contributed by atoms with E-state index < -0.39 is 0 Å². The zero-order chi connectivity index (χ0) is 12.0. The van der Waals surface area contributed by atoms with Crippen LogP contribution in [0.25, 0.3) is 0 Å². The van der Waals surface area contributed by atoms with Crippen molar-refractivity contribution < 1.29 is 4.79 Å². The van der Waals surface area contributed by atoms with Crippen molar-refractivity contribution >= 4 is 21.8 Å². The Kier molecular flexibility index (Phi) is 6.36. The van der Waals surface area contributed by atoms with Gasteiger partial charge in [0.25, 0.3) is 0 Å². The number of nitrogens with zero attached hydrogens (tertiary/aromatic N) is 2. The monoisotopic (exact) mass is 290 g/mol. The lowest BCUT2D eigenvalue weighted by Crippen LogP contribution is -2.49. The van der Waals surface area contributed by atoms with Crippen molar-refractivity contribution in [3.63, 3.8) is 0 Å². The third-order valence-corrected chi connectivity index (χ3v) is 3.42. The molecule has 1 aliphatic heterocycles. The van der Waals surface area contributed by atoms with Crippen molar-refractivity contribution in [2.24, 2.45) is 5.92 Å². The van der Waals surface area contributed by atoms with E-state index >= 15 is 0 Å². The van der Waals surface area contributed by atoms with Gasteiger partial charge in [-0.15, -0.1) is 0 Å². The predicted octanol–water partition coefficient (Wildman–Crippen LogP) is 1.96. The molecule has 0 aromatic carbocycles. The predicted molar refractivity (Wildman–Crippen MR) is 70.9 cm³/mol. The molecule has 1 amide bonds. The summed E-state index contributed by atoms with van der Waals surface area (Å²) in [7, 11) is 0. The number of alkyl halides is 1. The van der Waals surface area contributed by atoms with Crippen LogP contribution in [0.2, 0.25) is 0 Å². The van der Waals surface area contributed by atoms with E-state index in [9.17, 15) is 4.79 Å². The minimum absolute atomic E-state index is 0.340. The quantitative estimate of drug-likeness (QED) is 0.723. The first-order valence-electron chi connectivity index (χ1n) is 6.19. The minimum atomic E-state index is 0.340. The van der Waals surface area contributed by atoms with E-state index in [2.05, 4.69) is 34.7 Å². The molecule has 0 N–H and O–H groups in total. The number of hydrogen-bond acceptors (Lipinski definition) is 2. The average Bonchev–Trinajstić information content (AvgIpc) is 2.27. The Morgan fingerprint density at radius 1 is 1.25 bits per heavy atom. The number of rotatable bonds is 5. The standard InChI is InChI=1S/C12H23BrN2O/c1-11(2)3-4-12(16)15-9-7-14(6-5-13)8-10-15/h11H,3-10H2,1-2H3. The van der Waals surface area contributed by atoms with Gasteiger partial charge in [0.1, 0.15) is 0 Å². The summed E-state index contributed by atoms with van der Waals surface area (Å²) >= 11 is 3.45. The zero-order valence-electron chi connectivity index (χ0n) is 10.4. The third-order valence-electron chi connectivity index (χ3n) is 3.06. The van der Waals surface area contributed by atoms with Crippen LogP contribution in [0.5, 0.6) is 0 Å². The molecule has 4 heteroatoms. The number of halogens is 1. The van der Waals surface area contributed by atoms with Crippen LogP contribution in [0.3, 0.4) is 0 Å². The van der Waals surface area contributed by atoms with Gasteiger partial charge in [-0.1, -0.05) is 29.8 Å². The van der Waals surface area contributed by atoms with Crippen molar-refractivity contribution in [3.05, 3.63) is 0 Å². The smallest absolute Gasteiger partial charge is 0.222 e.